The number of aromatic nitrogens is 3. The zero-order chi connectivity index (χ0) is 60.2. The molecule has 0 aliphatic rings. The number of benzene rings is 7. The average molecular weight is 1210 g/mol. The Morgan fingerprint density at radius 3 is 1.51 bits per heavy atom. The van der Waals surface area contributed by atoms with E-state index in [2.05, 4.69) is 115 Å². The van der Waals surface area contributed by atoms with Gasteiger partial charge < -0.3 is 15.5 Å². The molecule has 3 aromatic heterocycles. The van der Waals surface area contributed by atoms with E-state index in [9.17, 15) is 38.8 Å². The number of nitro groups is 3. The first-order valence-corrected chi connectivity index (χ1v) is 28.4. The number of anilines is 3. The van der Waals surface area contributed by atoms with Crippen molar-refractivity contribution >= 4 is 127 Å². The summed E-state index contributed by atoms with van der Waals surface area (Å²) < 4.78 is 39.6. The van der Waals surface area contributed by atoms with Gasteiger partial charge in [-0.25, -0.2) is 5.26 Å². The molecule has 0 amide bonds. The number of nitrogen functional groups attached to an aromatic ring is 1. The predicted octanol–water partition coefficient (Wildman–Crippen LogP) is 14.6. The molecule has 84 heavy (non-hydrogen) atoms. The SMILES string of the molecule is Cc1cc(N(CCC#N)Cc2ccccc2)ccc1N=Nc1snc2ccc([N+](=O)[O-])cc12.Cc1cccc(N(CCC#N)Cc2ccccc2)c1.Nc1snc2ccc([N+](=O)[O-])cc12.O=[N+]([O-])c1ccc2nsc(N=NS(=O)(=O)OO)c2c1. The second-order valence-corrected chi connectivity index (χ2v) is 21.2. The summed E-state index contributed by atoms with van der Waals surface area (Å²) in [4.78, 5) is 35.1. The van der Waals surface area contributed by atoms with Gasteiger partial charge in [0.2, 0.25) is 0 Å². The van der Waals surface area contributed by atoms with Gasteiger partial charge in [0.1, 0.15) is 5.00 Å². The number of non-ortho nitro benzene ring substituents is 3. The molecule has 0 bridgehead atoms. The fraction of sp³-hybridized carbons (Fsp3) is 0.145. The molecule has 10 aromatic rings. The van der Waals surface area contributed by atoms with Crippen LogP contribution in [0.4, 0.5) is 49.1 Å². The molecule has 426 valence electrons. The number of nitrogens with zero attached hydrogens (tertiary/aromatic N) is 14. The van der Waals surface area contributed by atoms with Crippen LogP contribution in [0, 0.1) is 66.9 Å². The van der Waals surface area contributed by atoms with Crippen molar-refractivity contribution in [3.05, 3.63) is 210 Å². The number of nitriles is 2. The summed E-state index contributed by atoms with van der Waals surface area (Å²) in [5.74, 6) is 0. The summed E-state index contributed by atoms with van der Waals surface area (Å²) >= 11 is 3.10. The Balaban J connectivity index is 0.000000171. The smallest absolute Gasteiger partial charge is 0.389 e. The molecule has 25 nitrogen and oxygen atoms in total. The maximum Gasteiger partial charge on any atom is 0.425 e. The van der Waals surface area contributed by atoms with E-state index < -0.39 is 25.1 Å². The molecule has 7 aromatic carbocycles. The van der Waals surface area contributed by atoms with Gasteiger partial charge in [-0.15, -0.1) is 15.3 Å². The van der Waals surface area contributed by atoms with Crippen LogP contribution in [-0.4, -0.2) is 54.7 Å². The van der Waals surface area contributed by atoms with Crippen molar-refractivity contribution in [3.8, 4) is 12.1 Å². The molecule has 0 spiro atoms. The van der Waals surface area contributed by atoms with E-state index in [1.54, 1.807) is 12.1 Å². The molecular weight excluding hydrogens is 1160 g/mol. The van der Waals surface area contributed by atoms with Gasteiger partial charge in [-0.1, -0.05) is 77.1 Å². The molecule has 10 rings (SSSR count). The second kappa shape index (κ2) is 29.5. The second-order valence-electron chi connectivity index (χ2n) is 17.7. The molecule has 0 aliphatic carbocycles. The van der Waals surface area contributed by atoms with Gasteiger partial charge in [-0.05, 0) is 124 Å². The fourth-order valence-corrected chi connectivity index (χ4v) is 10.1. The third-order valence-corrected chi connectivity index (χ3v) is 14.6. The van der Waals surface area contributed by atoms with Gasteiger partial charge in [0.25, 0.3) is 17.1 Å². The number of hydrogen-bond acceptors (Lipinski definition) is 24. The highest BCUT2D eigenvalue weighted by Crippen LogP contribution is 2.36. The largest absolute Gasteiger partial charge is 0.425 e. The summed E-state index contributed by atoms with van der Waals surface area (Å²) in [5.41, 5.74) is 14.7. The minimum atomic E-state index is -4.53. The molecule has 0 atom stereocenters. The standard InChI is InChI=1S/C24H20N6O2S.C17H18N2.C7H4N4O6S2.C7H5N3O2S/c1-17-14-19(29(13-5-12-25)16-18-6-3-2-4-7-18)8-10-22(17)26-27-24-21-15-20(30(31)32)9-11-23(21)28-33-24;1-15-7-5-10-17(13-15)19(12-6-11-18)14-16-8-3-2-4-9-16;12-11(13)4-1-2-6-5(3-4)7(18-9-6)8-10-19(15,16)17-14;8-7-5-3-4(10(11)12)1-2-6(5)9-13-7/h2-4,6-11,14-15H,5,13,16H2,1H3;2-5,7-10,13H,6,12,14H2,1H3;1-3,14H;1-3H,8H2. The van der Waals surface area contributed by atoms with Gasteiger partial charge in [0.15, 0.2) is 10.0 Å². The van der Waals surface area contributed by atoms with Crippen molar-refractivity contribution in [2.75, 3.05) is 28.6 Å². The lowest BCUT2D eigenvalue weighted by Gasteiger charge is -2.24. The van der Waals surface area contributed by atoms with E-state index in [0.717, 1.165) is 58.9 Å². The quantitative estimate of drug-likeness (QED) is 0.0349. The molecule has 0 fully saturated rings. The van der Waals surface area contributed by atoms with E-state index in [-0.39, 0.29) is 27.4 Å². The van der Waals surface area contributed by atoms with E-state index in [4.69, 9.17) is 21.5 Å². The van der Waals surface area contributed by atoms with Crippen LogP contribution in [0.15, 0.2) is 178 Å². The van der Waals surface area contributed by atoms with Crippen LogP contribution in [0.1, 0.15) is 35.1 Å². The fourth-order valence-electron chi connectivity index (χ4n) is 7.82. The van der Waals surface area contributed by atoms with Crippen molar-refractivity contribution in [1.29, 1.82) is 10.5 Å². The minimum absolute atomic E-state index is 0.00411. The molecule has 0 radical (unpaired) electrons. The molecule has 0 saturated heterocycles. The lowest BCUT2D eigenvalue weighted by atomic mass is 10.1. The highest BCUT2D eigenvalue weighted by atomic mass is 32.2. The van der Waals surface area contributed by atoms with Crippen LogP contribution in [0.5, 0.6) is 0 Å². The molecule has 0 saturated carbocycles. The van der Waals surface area contributed by atoms with E-state index in [0.29, 0.717) is 68.9 Å². The Hall–Kier alpha value is -10.1. The number of aryl methyl sites for hydroxylation is 2. The van der Waals surface area contributed by atoms with Gasteiger partial charge in [0, 0.05) is 90.1 Å². The third kappa shape index (κ3) is 17.2. The average Bonchev–Trinajstić information content (AvgIpc) is 4.43. The molecule has 0 aliphatic heterocycles. The Morgan fingerprint density at radius 2 is 1.05 bits per heavy atom. The zero-order valence-electron chi connectivity index (χ0n) is 44.3. The van der Waals surface area contributed by atoms with Crippen LogP contribution >= 0.6 is 34.6 Å². The number of fused-ring (bicyclic) bond motifs is 3. The topological polar surface area (TPSA) is 361 Å². The van der Waals surface area contributed by atoms with Crippen molar-refractivity contribution in [2.45, 2.75) is 39.8 Å². The number of nitro benzene ring substituents is 3. The Labute approximate surface area is 491 Å². The molecule has 29 heteroatoms. The van der Waals surface area contributed by atoms with Gasteiger partial charge in [-0.2, -0.15) is 32.1 Å². The normalized spacial score (nSPS) is 11.0. The third-order valence-electron chi connectivity index (χ3n) is 11.9. The minimum Gasteiger partial charge on any atom is -0.389 e. The maximum absolute atomic E-state index is 11.1. The van der Waals surface area contributed by atoms with Gasteiger partial charge in [-0.3, -0.25) is 30.3 Å². The summed E-state index contributed by atoms with van der Waals surface area (Å²) in [6.07, 6.45) is 0.971. The predicted molar refractivity (Wildman–Crippen MR) is 322 cm³/mol. The highest BCUT2D eigenvalue weighted by Gasteiger charge is 2.16. The number of hydrogen-bond donors (Lipinski definition) is 2. The number of nitrogens with two attached hydrogens (primary N) is 1. The summed E-state index contributed by atoms with van der Waals surface area (Å²) in [5, 5.41) is 72.6. The van der Waals surface area contributed by atoms with Crippen molar-refractivity contribution in [2.24, 2.45) is 19.9 Å². The lowest BCUT2D eigenvalue weighted by molar-refractivity contribution is -0.384. The van der Waals surface area contributed by atoms with Gasteiger partial charge in [0.05, 0.1) is 62.0 Å². The van der Waals surface area contributed by atoms with Crippen LogP contribution in [-0.2, 0) is 27.7 Å². The number of azo groups is 1. The van der Waals surface area contributed by atoms with E-state index >= 15 is 0 Å². The molecule has 0 unspecified atom stereocenters. The lowest BCUT2D eigenvalue weighted by Crippen LogP contribution is -2.23. The summed E-state index contributed by atoms with van der Waals surface area (Å²) in [6, 6.07) is 52.1. The van der Waals surface area contributed by atoms with Crippen molar-refractivity contribution < 1.29 is 32.8 Å². The van der Waals surface area contributed by atoms with Crippen LogP contribution in [0.3, 0.4) is 0 Å². The summed E-state index contributed by atoms with van der Waals surface area (Å²) in [7, 11) is -4.53. The van der Waals surface area contributed by atoms with Crippen LogP contribution in [0.2, 0.25) is 0 Å². The first-order valence-electron chi connectivity index (χ1n) is 24.7. The Kier molecular flexibility index (Phi) is 21.6. The van der Waals surface area contributed by atoms with E-state index in [1.807, 2.05) is 61.5 Å². The van der Waals surface area contributed by atoms with Gasteiger partial charge >= 0.3 is 10.3 Å². The van der Waals surface area contributed by atoms with Crippen LogP contribution in [0.25, 0.3) is 32.7 Å². The first-order chi connectivity index (χ1) is 40.4. The zero-order valence-corrected chi connectivity index (χ0v) is 47.6. The Morgan fingerprint density at radius 1 is 0.583 bits per heavy atom. The molecule has 3 N–H and O–H groups in total. The molecular formula is C55H47N15O10S4. The molecule has 3 heterocycles. The summed E-state index contributed by atoms with van der Waals surface area (Å²) in [6.45, 7) is 6.97. The van der Waals surface area contributed by atoms with E-state index in [1.165, 1.54) is 64.8 Å². The number of rotatable bonds is 18. The van der Waals surface area contributed by atoms with Crippen LogP contribution < -0.4 is 15.5 Å². The van der Waals surface area contributed by atoms with Crippen molar-refractivity contribution in [3.63, 3.8) is 0 Å². The first kappa shape index (κ1) is 61.5. The Bertz CT molecular complexity index is 4210. The maximum atomic E-state index is 11.1. The highest BCUT2D eigenvalue weighted by molar-refractivity contribution is 7.85. The van der Waals surface area contributed by atoms with Crippen molar-refractivity contribution in [1.82, 2.24) is 13.1 Å². The monoisotopic (exact) mass is 1210 g/mol.